The first-order valence-corrected chi connectivity index (χ1v) is 5.44. The normalized spacial score (nSPS) is 12.5. The molecule has 0 aliphatic carbocycles. The lowest BCUT2D eigenvalue weighted by Crippen LogP contribution is -1.92. The second kappa shape index (κ2) is 5.12. The Morgan fingerprint density at radius 2 is 2.31 bits per heavy atom. The summed E-state index contributed by atoms with van der Waals surface area (Å²) in [5.74, 6) is 1.81. The predicted molar refractivity (Wildman–Crippen MR) is 57.3 cm³/mol. The second-order valence-corrected chi connectivity index (χ2v) is 4.35. The number of rotatable bonds is 4. The number of methoxy groups -OCH3 is 1. The molecule has 0 spiro atoms. The first-order valence-electron chi connectivity index (χ1n) is 4.39. The molecule has 1 atom stereocenters. The molecule has 0 saturated heterocycles. The van der Waals surface area contributed by atoms with E-state index >= 15 is 0 Å². The first kappa shape index (κ1) is 10.4. The van der Waals surface area contributed by atoms with Crippen LogP contribution < -0.4 is 4.74 Å². The Morgan fingerprint density at radius 1 is 1.54 bits per heavy atom. The zero-order valence-corrected chi connectivity index (χ0v) is 9.10. The fraction of sp³-hybridized carbons (Fsp3) is 0.500. The predicted octanol–water partition coefficient (Wildman–Crippen LogP) is 2.90. The maximum atomic E-state index is 4.99. The summed E-state index contributed by atoms with van der Waals surface area (Å²) in [5, 5.41) is 0.517. The number of nitrogens with zero attached hydrogens (tertiary/aromatic N) is 1. The number of hydrogen-bond donors (Lipinski definition) is 0. The second-order valence-electron chi connectivity index (χ2n) is 2.73. The van der Waals surface area contributed by atoms with Crippen LogP contribution in [0.1, 0.15) is 24.7 Å². The van der Waals surface area contributed by atoms with E-state index < -0.39 is 0 Å². The SMILES string of the molecule is CCSC(C)c1ccc(OC)nc1. The topological polar surface area (TPSA) is 22.1 Å². The van der Waals surface area contributed by atoms with Crippen LogP contribution in [0, 0.1) is 0 Å². The van der Waals surface area contributed by atoms with Crippen LogP contribution in [0.25, 0.3) is 0 Å². The van der Waals surface area contributed by atoms with E-state index in [0.717, 1.165) is 5.75 Å². The van der Waals surface area contributed by atoms with Crippen molar-refractivity contribution in [3.63, 3.8) is 0 Å². The van der Waals surface area contributed by atoms with Gasteiger partial charge in [-0.15, -0.1) is 0 Å². The summed E-state index contributed by atoms with van der Waals surface area (Å²) in [6, 6.07) is 3.97. The highest BCUT2D eigenvalue weighted by atomic mass is 32.2. The van der Waals surface area contributed by atoms with Gasteiger partial charge in [-0.05, 0) is 18.2 Å². The van der Waals surface area contributed by atoms with Gasteiger partial charge in [-0.2, -0.15) is 11.8 Å². The Kier molecular flexibility index (Phi) is 4.09. The number of ether oxygens (including phenoxy) is 1. The molecule has 1 heterocycles. The van der Waals surface area contributed by atoms with Crippen LogP contribution in [0.15, 0.2) is 18.3 Å². The molecule has 0 saturated carbocycles. The lowest BCUT2D eigenvalue weighted by molar-refractivity contribution is 0.397. The molecule has 2 nitrogen and oxygen atoms in total. The zero-order chi connectivity index (χ0) is 9.68. The van der Waals surface area contributed by atoms with Gasteiger partial charge < -0.3 is 4.74 Å². The average molecular weight is 197 g/mol. The van der Waals surface area contributed by atoms with Gasteiger partial charge in [-0.25, -0.2) is 4.98 Å². The van der Waals surface area contributed by atoms with Crippen LogP contribution in [0.3, 0.4) is 0 Å². The standard InChI is InChI=1S/C10H15NOS/c1-4-13-8(2)9-5-6-10(12-3)11-7-9/h5-8H,4H2,1-3H3. The smallest absolute Gasteiger partial charge is 0.212 e. The molecular formula is C10H15NOS. The van der Waals surface area contributed by atoms with Crippen molar-refractivity contribution in [1.29, 1.82) is 0 Å². The van der Waals surface area contributed by atoms with E-state index in [4.69, 9.17) is 4.74 Å². The van der Waals surface area contributed by atoms with Crippen LogP contribution in [0.5, 0.6) is 5.88 Å². The summed E-state index contributed by atoms with van der Waals surface area (Å²) in [4.78, 5) is 4.16. The molecule has 1 rings (SSSR count). The minimum absolute atomic E-state index is 0.517. The van der Waals surface area contributed by atoms with Gasteiger partial charge in [0.25, 0.3) is 0 Å². The van der Waals surface area contributed by atoms with E-state index in [0.29, 0.717) is 11.1 Å². The van der Waals surface area contributed by atoms with Gasteiger partial charge in [0.05, 0.1) is 7.11 Å². The molecule has 0 aliphatic rings. The van der Waals surface area contributed by atoms with Crippen LogP contribution in [-0.2, 0) is 0 Å². The fourth-order valence-electron chi connectivity index (χ4n) is 1.10. The monoisotopic (exact) mass is 197 g/mol. The summed E-state index contributed by atoms with van der Waals surface area (Å²) < 4.78 is 4.99. The molecule has 3 heteroatoms. The van der Waals surface area contributed by atoms with Gasteiger partial charge in [-0.1, -0.05) is 13.0 Å². The minimum Gasteiger partial charge on any atom is -0.481 e. The van der Waals surface area contributed by atoms with Crippen molar-refractivity contribution >= 4 is 11.8 Å². The molecule has 1 aromatic heterocycles. The van der Waals surface area contributed by atoms with Gasteiger partial charge in [0.1, 0.15) is 0 Å². The number of aromatic nitrogens is 1. The van der Waals surface area contributed by atoms with E-state index in [1.54, 1.807) is 7.11 Å². The van der Waals surface area contributed by atoms with E-state index in [9.17, 15) is 0 Å². The van der Waals surface area contributed by atoms with Crippen LogP contribution in [-0.4, -0.2) is 17.8 Å². The summed E-state index contributed by atoms with van der Waals surface area (Å²) in [5.41, 5.74) is 1.26. The molecule has 0 amide bonds. The maximum Gasteiger partial charge on any atom is 0.212 e. The van der Waals surface area contributed by atoms with E-state index in [-0.39, 0.29) is 0 Å². The summed E-state index contributed by atoms with van der Waals surface area (Å²) in [6.07, 6.45) is 1.88. The Balaban J connectivity index is 2.67. The van der Waals surface area contributed by atoms with Crippen molar-refractivity contribution in [2.75, 3.05) is 12.9 Å². The highest BCUT2D eigenvalue weighted by Crippen LogP contribution is 2.27. The van der Waals surface area contributed by atoms with Crippen molar-refractivity contribution in [2.24, 2.45) is 0 Å². The lowest BCUT2D eigenvalue weighted by Gasteiger charge is -2.09. The third-order valence-corrected chi connectivity index (χ3v) is 2.96. The Bertz CT molecular complexity index is 248. The Hall–Kier alpha value is -0.700. The number of hydrogen-bond acceptors (Lipinski definition) is 3. The van der Waals surface area contributed by atoms with Gasteiger partial charge in [0.2, 0.25) is 5.88 Å². The van der Waals surface area contributed by atoms with Gasteiger partial charge >= 0.3 is 0 Å². The largest absolute Gasteiger partial charge is 0.481 e. The summed E-state index contributed by atoms with van der Waals surface area (Å²) in [6.45, 7) is 4.36. The van der Waals surface area contributed by atoms with Crippen molar-refractivity contribution in [1.82, 2.24) is 4.98 Å². The fourth-order valence-corrected chi connectivity index (χ4v) is 1.93. The van der Waals surface area contributed by atoms with Crippen molar-refractivity contribution in [3.05, 3.63) is 23.9 Å². The third kappa shape index (κ3) is 2.92. The number of thioether (sulfide) groups is 1. The van der Waals surface area contributed by atoms with Crippen molar-refractivity contribution in [2.45, 2.75) is 19.1 Å². The van der Waals surface area contributed by atoms with E-state index in [2.05, 4.69) is 24.9 Å². The highest BCUT2D eigenvalue weighted by Gasteiger charge is 2.04. The molecule has 1 aromatic rings. The van der Waals surface area contributed by atoms with Crippen molar-refractivity contribution in [3.8, 4) is 5.88 Å². The Labute approximate surface area is 83.7 Å². The van der Waals surface area contributed by atoms with Gasteiger partial charge in [0, 0.05) is 17.5 Å². The van der Waals surface area contributed by atoms with Crippen LogP contribution >= 0.6 is 11.8 Å². The molecule has 0 N–H and O–H groups in total. The molecule has 0 aliphatic heterocycles. The van der Waals surface area contributed by atoms with Gasteiger partial charge in [0.15, 0.2) is 0 Å². The molecule has 0 radical (unpaired) electrons. The zero-order valence-electron chi connectivity index (χ0n) is 8.28. The van der Waals surface area contributed by atoms with Gasteiger partial charge in [-0.3, -0.25) is 0 Å². The van der Waals surface area contributed by atoms with Crippen LogP contribution in [0.4, 0.5) is 0 Å². The maximum absolute atomic E-state index is 4.99. The number of pyridine rings is 1. The van der Waals surface area contributed by atoms with Crippen LogP contribution in [0.2, 0.25) is 0 Å². The molecule has 1 unspecified atom stereocenters. The Morgan fingerprint density at radius 3 is 2.77 bits per heavy atom. The van der Waals surface area contributed by atoms with Crippen molar-refractivity contribution < 1.29 is 4.74 Å². The molecule has 13 heavy (non-hydrogen) atoms. The molecule has 72 valence electrons. The summed E-state index contributed by atoms with van der Waals surface area (Å²) in [7, 11) is 1.63. The minimum atomic E-state index is 0.517. The molecular weight excluding hydrogens is 182 g/mol. The molecule has 0 aromatic carbocycles. The first-order chi connectivity index (χ1) is 6.27. The van der Waals surface area contributed by atoms with E-state index in [1.807, 2.05) is 24.0 Å². The third-order valence-electron chi connectivity index (χ3n) is 1.85. The van der Waals surface area contributed by atoms with E-state index in [1.165, 1.54) is 5.56 Å². The average Bonchev–Trinajstić information content (AvgIpc) is 2.18. The quantitative estimate of drug-likeness (QED) is 0.741. The molecule has 0 fully saturated rings. The summed E-state index contributed by atoms with van der Waals surface area (Å²) >= 11 is 1.92. The molecule has 0 bridgehead atoms. The lowest BCUT2D eigenvalue weighted by atomic mass is 10.2. The highest BCUT2D eigenvalue weighted by molar-refractivity contribution is 7.99.